The quantitative estimate of drug-likeness (QED) is 0.541. The Kier molecular flexibility index (Phi) is 4.31. The molecular formula is C21H19Cl. The molecular weight excluding hydrogens is 288 g/mol. The highest BCUT2D eigenvalue weighted by atomic mass is 35.5. The molecule has 0 aliphatic carbocycles. The second-order valence-electron chi connectivity index (χ2n) is 5.70. The average molecular weight is 307 g/mol. The van der Waals surface area contributed by atoms with Crippen molar-refractivity contribution in [2.75, 3.05) is 0 Å². The normalized spacial score (nSPS) is 11.4. The molecule has 22 heavy (non-hydrogen) atoms. The molecule has 0 aromatic heterocycles. The van der Waals surface area contributed by atoms with E-state index in [1.807, 2.05) is 36.4 Å². The maximum atomic E-state index is 7.16. The van der Waals surface area contributed by atoms with Crippen molar-refractivity contribution >= 4 is 11.6 Å². The summed E-state index contributed by atoms with van der Waals surface area (Å²) in [4.78, 5) is -0.544. The Morgan fingerprint density at radius 1 is 0.682 bits per heavy atom. The van der Waals surface area contributed by atoms with Crippen molar-refractivity contribution in [1.82, 2.24) is 0 Å². The lowest BCUT2D eigenvalue weighted by molar-refractivity contribution is 0.720. The first-order chi connectivity index (χ1) is 10.7. The van der Waals surface area contributed by atoms with Crippen molar-refractivity contribution in [1.29, 1.82) is 0 Å². The number of benzene rings is 3. The second-order valence-corrected chi connectivity index (χ2v) is 6.34. The van der Waals surface area contributed by atoms with Gasteiger partial charge < -0.3 is 0 Å². The van der Waals surface area contributed by atoms with E-state index < -0.39 is 4.87 Å². The molecule has 110 valence electrons. The molecule has 0 nitrogen and oxygen atoms in total. The fraction of sp³-hybridized carbons (Fsp3) is 0.143. The third kappa shape index (κ3) is 3.08. The van der Waals surface area contributed by atoms with Gasteiger partial charge in [0.05, 0.1) is 4.87 Å². The number of rotatable bonds is 4. The van der Waals surface area contributed by atoms with Crippen LogP contribution in [0.2, 0.25) is 0 Å². The van der Waals surface area contributed by atoms with Gasteiger partial charge in [0.15, 0.2) is 0 Å². The van der Waals surface area contributed by atoms with Crippen LogP contribution in [0.25, 0.3) is 0 Å². The molecule has 0 unspecified atom stereocenters. The molecule has 3 aromatic rings. The van der Waals surface area contributed by atoms with Gasteiger partial charge in [-0.25, -0.2) is 0 Å². The molecule has 0 amide bonds. The summed E-state index contributed by atoms with van der Waals surface area (Å²) in [6.45, 7) is 2.10. The summed E-state index contributed by atoms with van der Waals surface area (Å²) >= 11 is 7.16. The Hall–Kier alpha value is -2.05. The molecule has 0 N–H and O–H groups in total. The van der Waals surface area contributed by atoms with Gasteiger partial charge in [0, 0.05) is 0 Å². The minimum absolute atomic E-state index is 0.544. The third-order valence-corrected chi connectivity index (χ3v) is 4.60. The summed E-state index contributed by atoms with van der Waals surface area (Å²) < 4.78 is 0. The van der Waals surface area contributed by atoms with Crippen LogP contribution in [0.5, 0.6) is 0 Å². The molecule has 3 rings (SSSR count). The Bertz CT molecular complexity index is 675. The van der Waals surface area contributed by atoms with E-state index >= 15 is 0 Å². The van der Waals surface area contributed by atoms with Gasteiger partial charge in [-0.2, -0.15) is 0 Å². The van der Waals surface area contributed by atoms with Crippen molar-refractivity contribution in [3.63, 3.8) is 0 Å². The van der Waals surface area contributed by atoms with Gasteiger partial charge in [-0.1, -0.05) is 90.5 Å². The number of halogens is 1. The first kappa shape index (κ1) is 14.9. The van der Waals surface area contributed by atoms with Crippen molar-refractivity contribution < 1.29 is 0 Å². The molecule has 1 heteroatoms. The Morgan fingerprint density at radius 3 is 1.59 bits per heavy atom. The summed E-state index contributed by atoms with van der Waals surface area (Å²) in [5, 5.41) is 0. The highest BCUT2D eigenvalue weighted by Gasteiger charge is 2.31. The topological polar surface area (TPSA) is 0 Å². The molecule has 0 saturated heterocycles. The summed E-state index contributed by atoms with van der Waals surface area (Å²) in [6, 6.07) is 29.3. The lowest BCUT2D eigenvalue weighted by Crippen LogP contribution is -2.23. The average Bonchev–Trinajstić information content (AvgIpc) is 2.58. The van der Waals surface area contributed by atoms with Gasteiger partial charge in [-0.05, 0) is 30.0 Å². The van der Waals surface area contributed by atoms with Crippen LogP contribution in [0.1, 0.15) is 22.3 Å². The van der Waals surface area contributed by atoms with E-state index in [-0.39, 0.29) is 0 Å². The molecule has 0 aliphatic heterocycles. The molecule has 0 atom stereocenters. The number of aryl methyl sites for hydroxylation is 1. The van der Waals surface area contributed by atoms with Crippen LogP contribution in [0.3, 0.4) is 0 Å². The lowest BCUT2D eigenvalue weighted by Gasteiger charge is -2.28. The van der Waals surface area contributed by atoms with E-state index in [0.29, 0.717) is 0 Å². The zero-order valence-electron chi connectivity index (χ0n) is 12.7. The van der Waals surface area contributed by atoms with E-state index in [4.69, 9.17) is 11.6 Å². The zero-order valence-corrected chi connectivity index (χ0v) is 13.4. The molecule has 0 saturated carbocycles. The van der Waals surface area contributed by atoms with Gasteiger partial charge in [-0.15, -0.1) is 11.6 Å². The van der Waals surface area contributed by atoms with Crippen LogP contribution >= 0.6 is 11.6 Å². The minimum Gasteiger partial charge on any atom is -0.108 e. The van der Waals surface area contributed by atoms with Gasteiger partial charge in [0.2, 0.25) is 0 Å². The third-order valence-electron chi connectivity index (χ3n) is 4.03. The van der Waals surface area contributed by atoms with Crippen molar-refractivity contribution in [2.45, 2.75) is 18.2 Å². The van der Waals surface area contributed by atoms with Crippen molar-refractivity contribution in [3.8, 4) is 0 Å². The molecule has 0 bridgehead atoms. The largest absolute Gasteiger partial charge is 0.108 e. The van der Waals surface area contributed by atoms with Crippen LogP contribution in [0, 0.1) is 6.92 Å². The maximum absolute atomic E-state index is 7.16. The Labute approximate surface area is 137 Å². The van der Waals surface area contributed by atoms with Crippen LogP contribution in [0.15, 0.2) is 84.9 Å². The predicted molar refractivity (Wildman–Crippen MR) is 94.4 cm³/mol. The molecule has 3 aromatic carbocycles. The van der Waals surface area contributed by atoms with Gasteiger partial charge in [0.25, 0.3) is 0 Å². The number of alkyl halides is 1. The van der Waals surface area contributed by atoms with E-state index in [2.05, 4.69) is 55.5 Å². The van der Waals surface area contributed by atoms with Gasteiger partial charge >= 0.3 is 0 Å². The SMILES string of the molecule is Cc1ccc(CC(Cl)(c2ccccc2)c2ccccc2)cc1. The zero-order chi connectivity index (χ0) is 15.4. The van der Waals surface area contributed by atoms with Crippen LogP contribution < -0.4 is 0 Å². The van der Waals surface area contributed by atoms with E-state index in [1.54, 1.807) is 0 Å². The highest BCUT2D eigenvalue weighted by molar-refractivity contribution is 6.26. The molecule has 0 radical (unpaired) electrons. The fourth-order valence-corrected chi connectivity index (χ4v) is 3.17. The summed E-state index contributed by atoms with van der Waals surface area (Å²) in [7, 11) is 0. The molecule has 0 heterocycles. The van der Waals surface area contributed by atoms with Gasteiger partial charge in [0.1, 0.15) is 0 Å². The van der Waals surface area contributed by atoms with E-state index in [0.717, 1.165) is 17.5 Å². The first-order valence-electron chi connectivity index (χ1n) is 7.54. The Balaban J connectivity index is 2.05. The second kappa shape index (κ2) is 6.37. The van der Waals surface area contributed by atoms with E-state index in [1.165, 1.54) is 11.1 Å². The van der Waals surface area contributed by atoms with Gasteiger partial charge in [-0.3, -0.25) is 0 Å². The standard InChI is InChI=1S/C21H19Cl/c1-17-12-14-18(15-13-17)16-21(22,19-8-4-2-5-9-19)20-10-6-3-7-11-20/h2-15H,16H2,1H3. The van der Waals surface area contributed by atoms with Crippen molar-refractivity contribution in [3.05, 3.63) is 107 Å². The predicted octanol–water partition coefficient (Wildman–Crippen LogP) is 5.72. The first-order valence-corrected chi connectivity index (χ1v) is 7.92. The van der Waals surface area contributed by atoms with Crippen molar-refractivity contribution in [2.24, 2.45) is 0 Å². The van der Waals surface area contributed by atoms with Crippen LogP contribution in [-0.2, 0) is 11.3 Å². The monoisotopic (exact) mass is 306 g/mol. The fourth-order valence-electron chi connectivity index (χ4n) is 2.76. The smallest absolute Gasteiger partial charge is 0.0984 e. The van der Waals surface area contributed by atoms with Crippen LogP contribution in [-0.4, -0.2) is 0 Å². The van der Waals surface area contributed by atoms with Crippen LogP contribution in [0.4, 0.5) is 0 Å². The minimum atomic E-state index is -0.544. The Morgan fingerprint density at radius 2 is 1.14 bits per heavy atom. The lowest BCUT2D eigenvalue weighted by atomic mass is 9.85. The summed E-state index contributed by atoms with van der Waals surface area (Å²) in [5.41, 5.74) is 4.77. The maximum Gasteiger partial charge on any atom is 0.0984 e. The number of hydrogen-bond acceptors (Lipinski definition) is 0. The number of hydrogen-bond donors (Lipinski definition) is 0. The molecule has 0 spiro atoms. The summed E-state index contributed by atoms with van der Waals surface area (Å²) in [6.07, 6.45) is 0.767. The molecule has 0 aliphatic rings. The van der Waals surface area contributed by atoms with E-state index in [9.17, 15) is 0 Å². The summed E-state index contributed by atoms with van der Waals surface area (Å²) in [5.74, 6) is 0. The highest BCUT2D eigenvalue weighted by Crippen LogP contribution is 2.39. The molecule has 0 fully saturated rings.